The minimum Gasteiger partial charge on any atom is -1.00 e. The Morgan fingerprint density at radius 1 is 1.23 bits per heavy atom. The van der Waals surface area contributed by atoms with Crippen molar-refractivity contribution in [3.63, 3.8) is 0 Å². The van der Waals surface area contributed by atoms with Crippen LogP contribution in [0.3, 0.4) is 0 Å². The number of hydrogen-bond donors (Lipinski definition) is 0. The van der Waals surface area contributed by atoms with Gasteiger partial charge in [0, 0.05) is 24.8 Å². The molecule has 1 spiro atoms. The zero-order valence-electron chi connectivity index (χ0n) is 18.3. The fourth-order valence-electron chi connectivity index (χ4n) is 8.50. The van der Waals surface area contributed by atoms with Gasteiger partial charge in [0.05, 0.1) is 64.1 Å². The van der Waals surface area contributed by atoms with Gasteiger partial charge in [0.15, 0.2) is 11.5 Å². The average molecular weight is 536 g/mol. The van der Waals surface area contributed by atoms with Crippen LogP contribution in [0.25, 0.3) is 0 Å². The van der Waals surface area contributed by atoms with Crippen molar-refractivity contribution in [2.75, 3.05) is 45.9 Å². The predicted molar refractivity (Wildman–Crippen MR) is 111 cm³/mol. The largest absolute Gasteiger partial charge is 1.00 e. The molecule has 166 valence electrons. The second-order valence-electron chi connectivity index (χ2n) is 10.4. The summed E-state index contributed by atoms with van der Waals surface area (Å²) in [6.07, 6.45) is 5.19. The number of rotatable bonds is 2. The van der Waals surface area contributed by atoms with Gasteiger partial charge in [-0.05, 0) is 23.1 Å². The van der Waals surface area contributed by atoms with Crippen molar-refractivity contribution < 1.29 is 47.5 Å². The molecule has 2 bridgehead atoms. The number of amides is 1. The highest BCUT2D eigenvalue weighted by Crippen LogP contribution is 2.68. The molecule has 6 nitrogen and oxygen atoms in total. The number of halogens is 1. The quantitative estimate of drug-likeness (QED) is 0.284. The summed E-state index contributed by atoms with van der Waals surface area (Å²) in [6.45, 7) is 2.95. The van der Waals surface area contributed by atoms with E-state index in [2.05, 4.69) is 30.2 Å². The Bertz CT molecular complexity index is 1030. The highest BCUT2D eigenvalue weighted by molar-refractivity contribution is 5.99. The minimum absolute atomic E-state index is 0. The number of piperidine rings is 2. The number of methoxy groups -OCH3 is 2. The normalized spacial score (nSPS) is 42.9. The number of benzene rings is 1. The van der Waals surface area contributed by atoms with E-state index in [0.717, 1.165) is 28.9 Å². The van der Waals surface area contributed by atoms with E-state index in [-0.39, 0.29) is 47.4 Å². The standard InChI is InChI=1S/C24H29N2O4.HI/c1-26-6-5-24-15-9-17(28-2)18(29-3)10-16(15)25-21(27)11-19-22(23(24)25)14(8-20(24)26)13(12-26)4-7-30-19;/h4,9-10,14,19-20,22-23H,5-8,11-12H2,1-3H3;1H/q+1;/p-1/t14-,19-,20-,22-,23-,24?,26?;/m0./s1. The third-order valence-electron chi connectivity index (χ3n) is 9.51. The van der Waals surface area contributed by atoms with Crippen LogP contribution in [0.15, 0.2) is 23.8 Å². The Balaban J connectivity index is 0.00000185. The molecule has 5 heterocycles. The molecule has 5 aliphatic heterocycles. The van der Waals surface area contributed by atoms with Gasteiger partial charge in [-0.15, -0.1) is 0 Å². The molecule has 7 atom stereocenters. The molecule has 1 aliphatic carbocycles. The number of hydrogen-bond acceptors (Lipinski definition) is 4. The Morgan fingerprint density at radius 3 is 2.77 bits per heavy atom. The van der Waals surface area contributed by atoms with E-state index in [1.807, 2.05) is 0 Å². The summed E-state index contributed by atoms with van der Waals surface area (Å²) >= 11 is 0. The molecule has 3 saturated heterocycles. The Kier molecular flexibility index (Phi) is 4.18. The van der Waals surface area contributed by atoms with Gasteiger partial charge in [-0.1, -0.05) is 6.08 Å². The second kappa shape index (κ2) is 6.38. The number of anilines is 1. The third kappa shape index (κ3) is 2.18. The van der Waals surface area contributed by atoms with Crippen molar-refractivity contribution in [1.82, 2.24) is 0 Å². The zero-order valence-corrected chi connectivity index (χ0v) is 20.4. The summed E-state index contributed by atoms with van der Waals surface area (Å²) < 4.78 is 18.8. The maximum atomic E-state index is 13.5. The first-order valence-electron chi connectivity index (χ1n) is 11.2. The van der Waals surface area contributed by atoms with Crippen LogP contribution in [-0.2, 0) is 14.9 Å². The summed E-state index contributed by atoms with van der Waals surface area (Å²) in [5.41, 5.74) is 3.92. The van der Waals surface area contributed by atoms with E-state index in [4.69, 9.17) is 14.2 Å². The summed E-state index contributed by atoms with van der Waals surface area (Å²) in [5, 5.41) is 0. The number of ether oxygens (including phenoxy) is 3. The summed E-state index contributed by atoms with van der Waals surface area (Å²) in [7, 11) is 5.81. The van der Waals surface area contributed by atoms with Crippen molar-refractivity contribution in [2.45, 2.75) is 42.9 Å². The molecule has 1 saturated carbocycles. The van der Waals surface area contributed by atoms with Crippen molar-refractivity contribution >= 4 is 11.6 Å². The molecule has 1 aromatic carbocycles. The maximum absolute atomic E-state index is 13.5. The van der Waals surface area contributed by atoms with Gasteiger partial charge in [0.2, 0.25) is 5.91 Å². The lowest BCUT2D eigenvalue weighted by molar-refractivity contribution is -0.925. The number of fused-ring (bicyclic) bond motifs is 2. The van der Waals surface area contributed by atoms with Gasteiger partial charge in [-0.3, -0.25) is 4.79 Å². The molecule has 0 aromatic heterocycles. The number of carbonyl (C=O) groups is 1. The molecule has 31 heavy (non-hydrogen) atoms. The van der Waals surface area contributed by atoms with Crippen molar-refractivity contribution in [1.29, 1.82) is 0 Å². The van der Waals surface area contributed by atoms with Crippen LogP contribution in [0.5, 0.6) is 11.5 Å². The van der Waals surface area contributed by atoms with Gasteiger partial charge >= 0.3 is 0 Å². The summed E-state index contributed by atoms with van der Waals surface area (Å²) in [4.78, 5) is 15.7. The number of quaternary nitrogens is 1. The van der Waals surface area contributed by atoms with Gasteiger partial charge in [0.25, 0.3) is 0 Å². The Hall–Kier alpha value is -1.32. The van der Waals surface area contributed by atoms with E-state index >= 15 is 0 Å². The van der Waals surface area contributed by atoms with Crippen molar-refractivity contribution in [3.05, 3.63) is 29.3 Å². The van der Waals surface area contributed by atoms with E-state index in [1.54, 1.807) is 19.8 Å². The molecule has 0 radical (unpaired) electrons. The van der Waals surface area contributed by atoms with Gasteiger partial charge in [-0.2, -0.15) is 0 Å². The fourth-order valence-corrected chi connectivity index (χ4v) is 8.50. The Morgan fingerprint density at radius 2 is 2.00 bits per heavy atom. The minimum atomic E-state index is -0.0155. The van der Waals surface area contributed by atoms with E-state index in [9.17, 15) is 4.79 Å². The molecule has 1 aromatic rings. The zero-order chi connectivity index (χ0) is 20.4. The van der Waals surface area contributed by atoms with Crippen LogP contribution in [0.1, 0.15) is 24.8 Å². The molecule has 6 aliphatic rings. The third-order valence-corrected chi connectivity index (χ3v) is 9.51. The number of nitrogens with zero attached hydrogens (tertiary/aromatic N) is 2. The molecular weight excluding hydrogens is 507 g/mol. The molecule has 7 heteroatoms. The van der Waals surface area contributed by atoms with Crippen LogP contribution in [0, 0.1) is 11.8 Å². The van der Waals surface area contributed by atoms with Crippen molar-refractivity contribution in [3.8, 4) is 11.5 Å². The first-order valence-corrected chi connectivity index (χ1v) is 11.2. The van der Waals surface area contributed by atoms with Crippen LogP contribution in [0.4, 0.5) is 5.69 Å². The topological polar surface area (TPSA) is 48.0 Å². The molecular formula is C24H29IN2O4. The van der Waals surface area contributed by atoms with Crippen molar-refractivity contribution in [2.24, 2.45) is 11.8 Å². The Labute approximate surface area is 200 Å². The average Bonchev–Trinajstić information content (AvgIpc) is 3.15. The molecule has 7 rings (SSSR count). The lowest BCUT2D eigenvalue weighted by atomic mass is 9.53. The monoisotopic (exact) mass is 536 g/mol. The first-order chi connectivity index (χ1) is 14.5. The van der Waals surface area contributed by atoms with Crippen LogP contribution in [-0.4, -0.2) is 69.5 Å². The molecule has 2 unspecified atom stereocenters. The smallest absolute Gasteiger partial charge is 0.229 e. The summed E-state index contributed by atoms with van der Waals surface area (Å²) in [5.74, 6) is 2.60. The number of carbonyl (C=O) groups excluding carboxylic acids is 1. The SMILES string of the molecule is COc1cc2c(cc1OC)C13CC[N+]4(C)CC5=CCO[C@H]6CC(=O)N2[C@H]1[C@H]6[C@H]5C[C@@H]34.[I-]. The van der Waals surface area contributed by atoms with Crippen LogP contribution < -0.4 is 38.4 Å². The van der Waals surface area contributed by atoms with Crippen LogP contribution >= 0.6 is 0 Å². The van der Waals surface area contributed by atoms with Crippen LogP contribution in [0.2, 0.25) is 0 Å². The number of likely N-dealkylation sites (N-methyl/N-ethyl adjacent to an activating group) is 1. The van der Waals surface area contributed by atoms with E-state index in [0.29, 0.717) is 36.7 Å². The molecule has 4 fully saturated rings. The lowest BCUT2D eigenvalue weighted by Gasteiger charge is -2.59. The summed E-state index contributed by atoms with van der Waals surface area (Å²) in [6, 6.07) is 4.96. The second-order valence-corrected chi connectivity index (χ2v) is 10.4. The molecule has 1 amide bonds. The maximum Gasteiger partial charge on any atom is 0.229 e. The molecule has 0 N–H and O–H groups in total. The fraction of sp³-hybridized carbons (Fsp3) is 0.625. The van der Waals surface area contributed by atoms with Gasteiger partial charge in [-0.25, -0.2) is 0 Å². The van der Waals surface area contributed by atoms with E-state index < -0.39 is 0 Å². The highest BCUT2D eigenvalue weighted by Gasteiger charge is 2.75. The lowest BCUT2D eigenvalue weighted by Crippen LogP contribution is -3.00. The highest BCUT2D eigenvalue weighted by atomic mass is 127. The first kappa shape index (κ1) is 20.3. The predicted octanol–water partition coefficient (Wildman–Crippen LogP) is -0.742. The van der Waals surface area contributed by atoms with Gasteiger partial charge < -0.3 is 47.6 Å². The van der Waals surface area contributed by atoms with Gasteiger partial charge in [0.1, 0.15) is 12.6 Å². The van der Waals surface area contributed by atoms with E-state index in [1.165, 1.54) is 18.5 Å².